The summed E-state index contributed by atoms with van der Waals surface area (Å²) in [6.07, 6.45) is 0. The van der Waals surface area contributed by atoms with Crippen LogP contribution in [0.1, 0.15) is 40.4 Å². The summed E-state index contributed by atoms with van der Waals surface area (Å²) in [6, 6.07) is 6.85. The van der Waals surface area contributed by atoms with Gasteiger partial charge in [0.25, 0.3) is 0 Å². The number of aromatic carboxylic acids is 1. The fourth-order valence-electron chi connectivity index (χ4n) is 2.19. The number of aryl methyl sites for hydroxylation is 2. The van der Waals surface area contributed by atoms with E-state index in [1.165, 1.54) is 6.07 Å². The number of halogens is 1. The molecular formula is C15H16ClNO3. The van der Waals surface area contributed by atoms with E-state index in [4.69, 9.17) is 21.1 Å². The first-order valence-electron chi connectivity index (χ1n) is 6.25. The molecule has 2 N–H and O–H groups in total. The number of furan rings is 1. The largest absolute Gasteiger partial charge is 0.478 e. The molecule has 2 aromatic rings. The van der Waals surface area contributed by atoms with Crippen LogP contribution in [0.4, 0.5) is 5.69 Å². The Kier molecular flexibility index (Phi) is 4.04. The number of benzene rings is 1. The Bertz CT molecular complexity index is 649. The molecule has 1 heterocycles. The highest BCUT2D eigenvalue weighted by Gasteiger charge is 2.14. The number of rotatable bonds is 4. The number of anilines is 1. The Morgan fingerprint density at radius 1 is 1.35 bits per heavy atom. The van der Waals surface area contributed by atoms with E-state index < -0.39 is 5.97 Å². The second kappa shape index (κ2) is 5.59. The molecule has 0 saturated carbocycles. The smallest absolute Gasteiger partial charge is 0.337 e. The standard InChI is InChI=1S/C15H16ClNO3/c1-8-6-12(10(3)20-8)9(2)17-11-4-5-14(16)13(7-11)15(18)19/h4-7,9,17H,1-3H3,(H,18,19). The molecule has 5 heteroatoms. The topological polar surface area (TPSA) is 62.5 Å². The highest BCUT2D eigenvalue weighted by Crippen LogP contribution is 2.27. The van der Waals surface area contributed by atoms with Crippen LogP contribution < -0.4 is 5.32 Å². The van der Waals surface area contributed by atoms with Crippen molar-refractivity contribution < 1.29 is 14.3 Å². The predicted molar refractivity (Wildman–Crippen MR) is 78.6 cm³/mol. The summed E-state index contributed by atoms with van der Waals surface area (Å²) in [6.45, 7) is 5.80. The van der Waals surface area contributed by atoms with Crippen LogP contribution in [0.15, 0.2) is 28.7 Å². The normalized spacial score (nSPS) is 12.2. The molecule has 20 heavy (non-hydrogen) atoms. The maximum absolute atomic E-state index is 11.1. The highest BCUT2D eigenvalue weighted by atomic mass is 35.5. The van der Waals surface area contributed by atoms with Gasteiger partial charge in [-0.1, -0.05) is 11.6 Å². The van der Waals surface area contributed by atoms with Crippen LogP contribution in [-0.4, -0.2) is 11.1 Å². The minimum atomic E-state index is -1.04. The number of hydrogen-bond acceptors (Lipinski definition) is 3. The highest BCUT2D eigenvalue weighted by molar-refractivity contribution is 6.33. The SMILES string of the molecule is Cc1cc(C(C)Nc2ccc(Cl)c(C(=O)O)c2)c(C)o1. The summed E-state index contributed by atoms with van der Waals surface area (Å²) >= 11 is 5.85. The van der Waals surface area contributed by atoms with Gasteiger partial charge in [0.15, 0.2) is 0 Å². The summed E-state index contributed by atoms with van der Waals surface area (Å²) in [7, 11) is 0. The first-order valence-corrected chi connectivity index (χ1v) is 6.62. The van der Waals surface area contributed by atoms with Gasteiger partial charge >= 0.3 is 5.97 Å². The third-order valence-electron chi connectivity index (χ3n) is 3.13. The zero-order chi connectivity index (χ0) is 14.9. The molecule has 1 atom stereocenters. The maximum Gasteiger partial charge on any atom is 0.337 e. The first-order chi connectivity index (χ1) is 9.38. The van der Waals surface area contributed by atoms with Crippen molar-refractivity contribution in [3.8, 4) is 0 Å². The molecule has 0 spiro atoms. The van der Waals surface area contributed by atoms with Crippen LogP contribution in [0.2, 0.25) is 5.02 Å². The number of carbonyl (C=O) groups is 1. The van der Waals surface area contributed by atoms with Gasteiger partial charge in [0.1, 0.15) is 11.5 Å². The van der Waals surface area contributed by atoms with Crippen molar-refractivity contribution in [2.24, 2.45) is 0 Å². The summed E-state index contributed by atoms with van der Waals surface area (Å²) in [4.78, 5) is 11.1. The second-order valence-electron chi connectivity index (χ2n) is 4.73. The van der Waals surface area contributed by atoms with E-state index in [9.17, 15) is 4.79 Å². The molecule has 0 amide bonds. The number of carboxylic acids is 1. The first kappa shape index (κ1) is 14.5. The lowest BCUT2D eigenvalue weighted by atomic mass is 10.1. The lowest BCUT2D eigenvalue weighted by Gasteiger charge is -2.15. The van der Waals surface area contributed by atoms with Crippen molar-refractivity contribution >= 4 is 23.3 Å². The summed E-state index contributed by atoms with van der Waals surface area (Å²) in [5.74, 6) is 0.671. The van der Waals surface area contributed by atoms with E-state index in [1.807, 2.05) is 26.8 Å². The molecule has 4 nitrogen and oxygen atoms in total. The van der Waals surface area contributed by atoms with E-state index in [1.54, 1.807) is 12.1 Å². The predicted octanol–water partition coefficient (Wildman–Crippen LogP) is 4.42. The molecule has 0 saturated heterocycles. The van der Waals surface area contributed by atoms with Gasteiger partial charge in [0.2, 0.25) is 0 Å². The molecule has 0 aliphatic carbocycles. The fraction of sp³-hybridized carbons (Fsp3) is 0.267. The van der Waals surface area contributed by atoms with Gasteiger partial charge in [-0.3, -0.25) is 0 Å². The van der Waals surface area contributed by atoms with Gasteiger partial charge in [-0.15, -0.1) is 0 Å². The number of carboxylic acid groups (broad SMARTS) is 1. The maximum atomic E-state index is 11.1. The molecule has 2 rings (SSSR count). The molecule has 0 fully saturated rings. The molecule has 1 aromatic carbocycles. The van der Waals surface area contributed by atoms with E-state index >= 15 is 0 Å². The van der Waals surface area contributed by atoms with Gasteiger partial charge in [0.05, 0.1) is 16.6 Å². The monoisotopic (exact) mass is 293 g/mol. The lowest BCUT2D eigenvalue weighted by molar-refractivity contribution is 0.0697. The van der Waals surface area contributed by atoms with Crippen LogP contribution in [0.5, 0.6) is 0 Å². The molecule has 0 radical (unpaired) electrons. The zero-order valence-electron chi connectivity index (χ0n) is 11.5. The number of hydrogen-bond donors (Lipinski definition) is 2. The van der Waals surface area contributed by atoms with Crippen LogP contribution in [0.3, 0.4) is 0 Å². The third-order valence-corrected chi connectivity index (χ3v) is 3.46. The average molecular weight is 294 g/mol. The number of nitrogens with one attached hydrogen (secondary N) is 1. The molecule has 0 aliphatic heterocycles. The Labute approximate surface area is 122 Å². The van der Waals surface area contributed by atoms with Gasteiger partial charge in [0, 0.05) is 11.3 Å². The lowest BCUT2D eigenvalue weighted by Crippen LogP contribution is -2.08. The fourth-order valence-corrected chi connectivity index (χ4v) is 2.39. The summed E-state index contributed by atoms with van der Waals surface area (Å²) in [5, 5.41) is 12.5. The van der Waals surface area contributed by atoms with Crippen molar-refractivity contribution in [3.05, 3.63) is 51.9 Å². The molecule has 1 aromatic heterocycles. The third kappa shape index (κ3) is 2.96. The average Bonchev–Trinajstić information content (AvgIpc) is 2.70. The van der Waals surface area contributed by atoms with Crippen LogP contribution in [-0.2, 0) is 0 Å². The molecule has 0 bridgehead atoms. The second-order valence-corrected chi connectivity index (χ2v) is 5.14. The Balaban J connectivity index is 2.24. The van der Waals surface area contributed by atoms with Crippen molar-refractivity contribution in [1.82, 2.24) is 0 Å². The zero-order valence-corrected chi connectivity index (χ0v) is 12.3. The molecule has 106 valence electrons. The molecular weight excluding hydrogens is 278 g/mol. The molecule has 1 unspecified atom stereocenters. The minimum Gasteiger partial charge on any atom is -0.478 e. The van der Waals surface area contributed by atoms with Crippen molar-refractivity contribution in [2.45, 2.75) is 26.8 Å². The van der Waals surface area contributed by atoms with E-state index in [2.05, 4.69) is 5.32 Å². The van der Waals surface area contributed by atoms with Gasteiger partial charge in [-0.2, -0.15) is 0 Å². The summed E-state index contributed by atoms with van der Waals surface area (Å²) < 4.78 is 5.50. The van der Waals surface area contributed by atoms with Crippen LogP contribution in [0, 0.1) is 13.8 Å². The Morgan fingerprint density at radius 3 is 2.60 bits per heavy atom. The van der Waals surface area contributed by atoms with E-state index in [0.717, 1.165) is 17.1 Å². The van der Waals surface area contributed by atoms with E-state index in [-0.39, 0.29) is 16.6 Å². The van der Waals surface area contributed by atoms with Crippen molar-refractivity contribution in [3.63, 3.8) is 0 Å². The Hall–Kier alpha value is -1.94. The van der Waals surface area contributed by atoms with Crippen molar-refractivity contribution in [1.29, 1.82) is 0 Å². The van der Waals surface area contributed by atoms with Crippen molar-refractivity contribution in [2.75, 3.05) is 5.32 Å². The quantitative estimate of drug-likeness (QED) is 0.876. The summed E-state index contributed by atoms with van der Waals surface area (Å²) in [5.41, 5.74) is 1.84. The van der Waals surface area contributed by atoms with Crippen LogP contribution >= 0.6 is 11.6 Å². The van der Waals surface area contributed by atoms with Crippen LogP contribution in [0.25, 0.3) is 0 Å². The van der Waals surface area contributed by atoms with E-state index in [0.29, 0.717) is 5.69 Å². The molecule has 0 aliphatic rings. The van der Waals surface area contributed by atoms with Gasteiger partial charge < -0.3 is 14.8 Å². The minimum absolute atomic E-state index is 0.00951. The Morgan fingerprint density at radius 2 is 2.05 bits per heavy atom. The van der Waals surface area contributed by atoms with Gasteiger partial charge in [-0.25, -0.2) is 4.79 Å². The van der Waals surface area contributed by atoms with Gasteiger partial charge in [-0.05, 0) is 45.0 Å².